The number of nitrogens with zero attached hydrogens (tertiary/aromatic N) is 1. The first-order chi connectivity index (χ1) is 6.63. The summed E-state index contributed by atoms with van der Waals surface area (Å²) in [5.41, 5.74) is -0.786. The van der Waals surface area contributed by atoms with Crippen molar-refractivity contribution in [2.75, 3.05) is 6.61 Å². The molecule has 1 rings (SSSR count). The molecule has 1 fully saturated rings. The molecule has 86 valence electrons. The zero-order valence-corrected chi connectivity index (χ0v) is 11.0. The maximum Gasteiger partial charge on any atom is 1.00 e. The van der Waals surface area contributed by atoms with Gasteiger partial charge in [0.25, 0.3) is 0 Å². The molecule has 0 aromatic heterocycles. The normalized spacial score (nSPS) is 20.4. The number of carbonyl (C=O) groups excluding carboxylic acids is 1. The van der Waals surface area contributed by atoms with E-state index in [1.54, 1.807) is 6.08 Å². The maximum atomic E-state index is 11.9. The van der Waals surface area contributed by atoms with Gasteiger partial charge in [0.15, 0.2) is 0 Å². The van der Waals surface area contributed by atoms with E-state index in [0.717, 1.165) is 0 Å². The molecule has 0 unspecified atom stereocenters. The minimum atomic E-state index is -0.550. The van der Waals surface area contributed by atoms with Crippen LogP contribution in [-0.4, -0.2) is 23.1 Å². The summed E-state index contributed by atoms with van der Waals surface area (Å²) >= 11 is 0. The van der Waals surface area contributed by atoms with E-state index in [1.165, 1.54) is 4.90 Å². The van der Waals surface area contributed by atoms with Crippen LogP contribution in [0, 0.1) is 5.41 Å². The summed E-state index contributed by atoms with van der Waals surface area (Å²) in [6.45, 7) is 9.63. The molecular weight excluding hydrogens is 201 g/mol. The van der Waals surface area contributed by atoms with Crippen LogP contribution in [0.25, 0.3) is 0 Å². The zero-order valence-electron chi connectivity index (χ0n) is 11.0. The molecular formula is C11H18LiNO3. The first kappa shape index (κ1) is 15.4. The topological polar surface area (TPSA) is 52.6 Å². The van der Waals surface area contributed by atoms with Crippen LogP contribution >= 0.6 is 0 Å². The summed E-state index contributed by atoms with van der Waals surface area (Å²) in [6, 6.07) is 0. The van der Waals surface area contributed by atoms with Crippen LogP contribution in [0.3, 0.4) is 0 Å². The third kappa shape index (κ3) is 3.46. The molecule has 0 spiro atoms. The largest absolute Gasteiger partial charge is 1.00 e. The molecule has 0 saturated carbocycles. The average molecular weight is 219 g/mol. The molecule has 0 aromatic carbocycles. The maximum absolute atomic E-state index is 11.9. The van der Waals surface area contributed by atoms with Crippen LogP contribution < -0.4 is 24.0 Å². The number of amides is 1. The van der Waals surface area contributed by atoms with Gasteiger partial charge in [-0.2, -0.15) is 0 Å². The number of ether oxygens (including phenoxy) is 1. The molecule has 16 heavy (non-hydrogen) atoms. The first-order valence-electron chi connectivity index (χ1n) is 5.00. The third-order valence-corrected chi connectivity index (χ3v) is 2.11. The van der Waals surface area contributed by atoms with Crippen molar-refractivity contribution in [3.8, 4) is 0 Å². The number of hydrogen-bond acceptors (Lipinski definition) is 3. The predicted molar refractivity (Wildman–Crippen MR) is 54.8 cm³/mol. The number of rotatable bonds is 1. The Balaban J connectivity index is 0.00000225. The molecule has 1 saturated heterocycles. The Hall–Kier alpha value is -0.593. The fourth-order valence-corrected chi connectivity index (χ4v) is 1.44. The Morgan fingerprint density at radius 2 is 2.00 bits per heavy atom. The van der Waals surface area contributed by atoms with E-state index in [1.807, 2.05) is 34.6 Å². The number of allylic oxidation sites excluding steroid dienone is 1. The summed E-state index contributed by atoms with van der Waals surface area (Å²) in [5.74, 6) is -0.282. The predicted octanol–water partition coefficient (Wildman–Crippen LogP) is -1.53. The Bertz CT molecular complexity index is 305. The van der Waals surface area contributed by atoms with Crippen LogP contribution in [0.15, 0.2) is 12.0 Å². The minimum absolute atomic E-state index is 0. The van der Waals surface area contributed by atoms with Gasteiger partial charge in [-0.3, -0.25) is 4.90 Å². The molecule has 1 amide bonds. The van der Waals surface area contributed by atoms with Crippen LogP contribution in [0.4, 0.5) is 4.79 Å². The summed E-state index contributed by atoms with van der Waals surface area (Å²) in [6.07, 6.45) is 0.993. The minimum Gasteiger partial charge on any atom is -0.860 e. The molecule has 0 radical (unpaired) electrons. The van der Waals surface area contributed by atoms with Crippen molar-refractivity contribution in [1.29, 1.82) is 0 Å². The molecule has 0 aliphatic carbocycles. The second-order valence-corrected chi connectivity index (χ2v) is 5.55. The Morgan fingerprint density at radius 3 is 2.31 bits per heavy atom. The van der Waals surface area contributed by atoms with Gasteiger partial charge in [0, 0.05) is 0 Å². The van der Waals surface area contributed by atoms with Crippen molar-refractivity contribution in [2.24, 2.45) is 5.41 Å². The van der Waals surface area contributed by atoms with Crippen molar-refractivity contribution < 1.29 is 33.5 Å². The second-order valence-electron chi connectivity index (χ2n) is 5.55. The quantitative estimate of drug-likeness (QED) is 0.397. The zero-order chi connectivity index (χ0) is 11.9. The van der Waals surface area contributed by atoms with Gasteiger partial charge in [-0.05, 0) is 25.1 Å². The van der Waals surface area contributed by atoms with E-state index < -0.39 is 11.6 Å². The second kappa shape index (κ2) is 4.73. The molecule has 4 nitrogen and oxygen atoms in total. The van der Waals surface area contributed by atoms with Crippen molar-refractivity contribution in [2.45, 2.75) is 40.2 Å². The van der Waals surface area contributed by atoms with Crippen molar-refractivity contribution in [3.63, 3.8) is 0 Å². The van der Waals surface area contributed by atoms with Gasteiger partial charge >= 0.3 is 25.0 Å². The van der Waals surface area contributed by atoms with E-state index in [2.05, 4.69) is 0 Å². The first-order valence-corrected chi connectivity index (χ1v) is 5.00. The summed E-state index contributed by atoms with van der Waals surface area (Å²) in [4.78, 5) is 12.6. The molecule has 5 heteroatoms. The molecule has 0 atom stereocenters. The SMILES string of the molecule is CC(C)(C)/C=C(\[O-])N1C(=O)OCC1(C)C.[Li+]. The summed E-state index contributed by atoms with van der Waals surface area (Å²) in [5, 5.41) is 11.9. The van der Waals surface area contributed by atoms with E-state index in [-0.39, 0.29) is 36.8 Å². The smallest absolute Gasteiger partial charge is 0.860 e. The van der Waals surface area contributed by atoms with Crippen LogP contribution in [0.5, 0.6) is 0 Å². The molecule has 1 heterocycles. The van der Waals surface area contributed by atoms with E-state index in [9.17, 15) is 9.90 Å². The standard InChI is InChI=1S/C11H19NO3.Li/c1-10(2,3)6-8(13)12-9(14)15-7-11(12,4)5;/h6,13H,7H2,1-5H3;/q;+1/p-1/b8-6-;. The third-order valence-electron chi connectivity index (χ3n) is 2.11. The van der Waals surface area contributed by atoms with Gasteiger partial charge < -0.3 is 9.84 Å². The van der Waals surface area contributed by atoms with Crippen molar-refractivity contribution >= 4 is 6.09 Å². The van der Waals surface area contributed by atoms with Crippen LogP contribution in [0.2, 0.25) is 0 Å². The van der Waals surface area contributed by atoms with Gasteiger partial charge in [-0.25, -0.2) is 4.79 Å². The van der Waals surface area contributed by atoms with E-state index in [0.29, 0.717) is 0 Å². The monoisotopic (exact) mass is 219 g/mol. The molecule has 0 aromatic rings. The van der Waals surface area contributed by atoms with Crippen LogP contribution in [-0.2, 0) is 4.74 Å². The Morgan fingerprint density at radius 1 is 1.50 bits per heavy atom. The van der Waals surface area contributed by atoms with E-state index >= 15 is 0 Å². The molecule has 0 N–H and O–H groups in total. The summed E-state index contributed by atoms with van der Waals surface area (Å²) in [7, 11) is 0. The van der Waals surface area contributed by atoms with Crippen LogP contribution in [0.1, 0.15) is 34.6 Å². The van der Waals surface area contributed by atoms with Gasteiger partial charge in [-0.1, -0.05) is 26.8 Å². The van der Waals surface area contributed by atoms with E-state index in [4.69, 9.17) is 4.74 Å². The summed E-state index contributed by atoms with van der Waals surface area (Å²) < 4.78 is 4.86. The van der Waals surface area contributed by atoms with Gasteiger partial charge in [0.2, 0.25) is 0 Å². The Kier molecular flexibility index (Phi) is 4.55. The fraction of sp³-hybridized carbons (Fsp3) is 0.727. The van der Waals surface area contributed by atoms with Gasteiger partial charge in [0.05, 0.1) is 5.54 Å². The molecule has 0 bridgehead atoms. The Labute approximate surface area is 109 Å². The number of hydrogen-bond donors (Lipinski definition) is 0. The number of cyclic esters (lactones) is 1. The number of carbonyl (C=O) groups is 1. The fourth-order valence-electron chi connectivity index (χ4n) is 1.44. The van der Waals surface area contributed by atoms with Crippen molar-refractivity contribution in [1.82, 2.24) is 4.90 Å². The average Bonchev–Trinajstić information content (AvgIpc) is 2.21. The van der Waals surface area contributed by atoms with Crippen molar-refractivity contribution in [3.05, 3.63) is 12.0 Å². The van der Waals surface area contributed by atoms with Gasteiger partial charge in [0.1, 0.15) is 6.61 Å². The molecule has 1 aliphatic rings. The molecule has 1 aliphatic heterocycles. The van der Waals surface area contributed by atoms with Gasteiger partial charge in [-0.15, -0.1) is 0 Å².